The summed E-state index contributed by atoms with van der Waals surface area (Å²) in [7, 11) is 0. The van der Waals surface area contributed by atoms with E-state index < -0.39 is 0 Å². The summed E-state index contributed by atoms with van der Waals surface area (Å²) in [6.45, 7) is 1.84. The zero-order valence-electron chi connectivity index (χ0n) is 11.5. The van der Waals surface area contributed by atoms with Gasteiger partial charge in [-0.25, -0.2) is 4.39 Å². The van der Waals surface area contributed by atoms with Crippen molar-refractivity contribution in [2.24, 2.45) is 5.73 Å². The molecule has 0 spiro atoms. The standard InChI is InChI=1S/C16H16Cl2FNO/c1-10(21-14-4-2-3-12(17)9-14)16(20)8-11-7-13(18)5-6-15(11)19/h2-7,9-10,16H,8,20H2,1H3. The van der Waals surface area contributed by atoms with Crippen LogP contribution in [-0.4, -0.2) is 12.1 Å². The van der Waals surface area contributed by atoms with E-state index in [0.29, 0.717) is 27.8 Å². The first-order valence-electron chi connectivity index (χ1n) is 6.57. The van der Waals surface area contributed by atoms with Gasteiger partial charge < -0.3 is 10.5 Å². The molecule has 2 aromatic rings. The van der Waals surface area contributed by atoms with Crippen LogP contribution in [0.4, 0.5) is 4.39 Å². The van der Waals surface area contributed by atoms with E-state index >= 15 is 0 Å². The van der Waals surface area contributed by atoms with E-state index in [4.69, 9.17) is 33.7 Å². The zero-order chi connectivity index (χ0) is 15.4. The molecular weight excluding hydrogens is 312 g/mol. The van der Waals surface area contributed by atoms with Crippen LogP contribution in [0, 0.1) is 5.82 Å². The van der Waals surface area contributed by atoms with Gasteiger partial charge in [0, 0.05) is 16.1 Å². The summed E-state index contributed by atoms with van der Waals surface area (Å²) in [5.41, 5.74) is 6.57. The number of benzene rings is 2. The molecule has 0 amide bonds. The zero-order valence-corrected chi connectivity index (χ0v) is 13.0. The van der Waals surface area contributed by atoms with E-state index in [9.17, 15) is 4.39 Å². The van der Waals surface area contributed by atoms with Crippen LogP contribution >= 0.6 is 23.2 Å². The van der Waals surface area contributed by atoms with Crippen LogP contribution in [0.5, 0.6) is 5.75 Å². The second-order valence-electron chi connectivity index (χ2n) is 4.88. The summed E-state index contributed by atoms with van der Waals surface area (Å²) < 4.78 is 19.4. The van der Waals surface area contributed by atoms with E-state index in [1.165, 1.54) is 12.1 Å². The van der Waals surface area contributed by atoms with Crippen molar-refractivity contribution >= 4 is 23.2 Å². The normalized spacial score (nSPS) is 13.8. The molecule has 0 heterocycles. The Morgan fingerprint density at radius 2 is 1.86 bits per heavy atom. The van der Waals surface area contributed by atoms with Crippen molar-refractivity contribution in [3.63, 3.8) is 0 Å². The number of rotatable bonds is 5. The molecule has 0 aliphatic heterocycles. The fourth-order valence-corrected chi connectivity index (χ4v) is 2.34. The summed E-state index contributed by atoms with van der Waals surface area (Å²) in [6.07, 6.45) is 0.0514. The largest absolute Gasteiger partial charge is 0.489 e. The van der Waals surface area contributed by atoms with Gasteiger partial charge in [-0.05, 0) is 55.3 Å². The monoisotopic (exact) mass is 327 g/mol. The van der Waals surface area contributed by atoms with Gasteiger partial charge >= 0.3 is 0 Å². The SMILES string of the molecule is CC(Oc1cccc(Cl)c1)C(N)Cc1cc(Cl)ccc1F. The van der Waals surface area contributed by atoms with Crippen molar-refractivity contribution in [2.75, 3.05) is 0 Å². The van der Waals surface area contributed by atoms with Crippen molar-refractivity contribution in [3.05, 3.63) is 63.9 Å². The second kappa shape index (κ2) is 7.12. The Morgan fingerprint density at radius 3 is 2.57 bits per heavy atom. The minimum absolute atomic E-state index is 0.290. The molecule has 0 bridgehead atoms. The van der Waals surface area contributed by atoms with Crippen LogP contribution < -0.4 is 10.5 Å². The topological polar surface area (TPSA) is 35.2 Å². The van der Waals surface area contributed by atoms with Gasteiger partial charge in [-0.15, -0.1) is 0 Å². The molecule has 5 heteroatoms. The van der Waals surface area contributed by atoms with Crippen LogP contribution in [-0.2, 0) is 6.42 Å². The molecule has 2 aromatic carbocycles. The summed E-state index contributed by atoms with van der Waals surface area (Å²) in [5, 5.41) is 1.08. The summed E-state index contributed by atoms with van der Waals surface area (Å²) >= 11 is 11.8. The van der Waals surface area contributed by atoms with Gasteiger partial charge in [0.05, 0.1) is 0 Å². The molecule has 21 heavy (non-hydrogen) atoms. The molecule has 0 saturated heterocycles. The Bertz CT molecular complexity index is 621. The van der Waals surface area contributed by atoms with Crippen molar-refractivity contribution in [1.29, 1.82) is 0 Å². The number of halogens is 3. The summed E-state index contributed by atoms with van der Waals surface area (Å²) in [4.78, 5) is 0. The fourth-order valence-electron chi connectivity index (χ4n) is 1.96. The van der Waals surface area contributed by atoms with E-state index in [1.807, 2.05) is 6.92 Å². The molecule has 0 aliphatic carbocycles. The first kappa shape index (κ1) is 16.1. The number of hydrogen-bond acceptors (Lipinski definition) is 2. The Labute approximate surface area is 133 Å². The number of hydrogen-bond donors (Lipinski definition) is 1. The first-order chi connectivity index (χ1) is 9.95. The highest BCUT2D eigenvalue weighted by Gasteiger charge is 2.17. The van der Waals surface area contributed by atoms with E-state index in [0.717, 1.165) is 0 Å². The number of nitrogens with two attached hydrogens (primary N) is 1. The predicted molar refractivity (Wildman–Crippen MR) is 84.6 cm³/mol. The van der Waals surface area contributed by atoms with Crippen LogP contribution in [0.3, 0.4) is 0 Å². The quantitative estimate of drug-likeness (QED) is 0.879. The molecule has 112 valence electrons. The Kier molecular flexibility index (Phi) is 5.45. The summed E-state index contributed by atoms with van der Waals surface area (Å²) in [6, 6.07) is 11.2. The molecule has 2 N–H and O–H groups in total. The maximum Gasteiger partial charge on any atom is 0.126 e. The molecule has 0 aromatic heterocycles. The Morgan fingerprint density at radius 1 is 1.14 bits per heavy atom. The van der Waals surface area contributed by atoms with Gasteiger partial charge in [-0.2, -0.15) is 0 Å². The Balaban J connectivity index is 2.02. The lowest BCUT2D eigenvalue weighted by Crippen LogP contribution is -2.38. The second-order valence-corrected chi connectivity index (χ2v) is 5.76. The van der Waals surface area contributed by atoms with Gasteiger partial charge in [0.1, 0.15) is 17.7 Å². The van der Waals surface area contributed by atoms with Gasteiger partial charge in [0.25, 0.3) is 0 Å². The molecule has 2 atom stereocenters. The van der Waals surface area contributed by atoms with Crippen molar-refractivity contribution in [3.8, 4) is 5.75 Å². The molecule has 0 saturated carbocycles. The minimum atomic E-state index is -0.364. The predicted octanol–water partition coefficient (Wildman–Crippen LogP) is 4.47. The van der Waals surface area contributed by atoms with Crippen molar-refractivity contribution in [1.82, 2.24) is 0 Å². The smallest absolute Gasteiger partial charge is 0.126 e. The summed E-state index contributed by atoms with van der Waals surface area (Å²) in [5.74, 6) is 0.321. The Hall–Kier alpha value is -1.29. The van der Waals surface area contributed by atoms with E-state index in [2.05, 4.69) is 0 Å². The van der Waals surface area contributed by atoms with Crippen molar-refractivity contribution < 1.29 is 9.13 Å². The molecular formula is C16H16Cl2FNO. The maximum atomic E-state index is 13.7. The fraction of sp³-hybridized carbons (Fsp3) is 0.250. The molecule has 0 radical (unpaired) electrons. The lowest BCUT2D eigenvalue weighted by molar-refractivity contribution is 0.188. The van der Waals surface area contributed by atoms with Crippen LogP contribution in [0.2, 0.25) is 10.0 Å². The van der Waals surface area contributed by atoms with Gasteiger partial charge in [-0.3, -0.25) is 0 Å². The number of ether oxygens (including phenoxy) is 1. The van der Waals surface area contributed by atoms with E-state index in [-0.39, 0.29) is 18.0 Å². The molecule has 0 fully saturated rings. The first-order valence-corrected chi connectivity index (χ1v) is 7.33. The maximum absolute atomic E-state index is 13.7. The molecule has 2 rings (SSSR count). The van der Waals surface area contributed by atoms with Crippen LogP contribution in [0.25, 0.3) is 0 Å². The average Bonchev–Trinajstić information content (AvgIpc) is 2.43. The average molecular weight is 328 g/mol. The minimum Gasteiger partial charge on any atom is -0.489 e. The van der Waals surface area contributed by atoms with E-state index in [1.54, 1.807) is 30.3 Å². The highest BCUT2D eigenvalue weighted by atomic mass is 35.5. The third-order valence-corrected chi connectivity index (χ3v) is 3.65. The van der Waals surface area contributed by atoms with Gasteiger partial charge in [-0.1, -0.05) is 29.3 Å². The highest BCUT2D eigenvalue weighted by Crippen LogP contribution is 2.21. The van der Waals surface area contributed by atoms with Crippen LogP contribution in [0.15, 0.2) is 42.5 Å². The van der Waals surface area contributed by atoms with Crippen molar-refractivity contribution in [2.45, 2.75) is 25.5 Å². The lowest BCUT2D eigenvalue weighted by atomic mass is 10.0. The van der Waals surface area contributed by atoms with Gasteiger partial charge in [0.15, 0.2) is 0 Å². The molecule has 2 nitrogen and oxygen atoms in total. The molecule has 2 unspecified atom stereocenters. The van der Waals surface area contributed by atoms with Gasteiger partial charge in [0.2, 0.25) is 0 Å². The lowest BCUT2D eigenvalue weighted by Gasteiger charge is -2.22. The van der Waals surface area contributed by atoms with Crippen LogP contribution in [0.1, 0.15) is 12.5 Å². The third-order valence-electron chi connectivity index (χ3n) is 3.18. The molecule has 0 aliphatic rings. The third kappa shape index (κ3) is 4.60. The highest BCUT2D eigenvalue weighted by molar-refractivity contribution is 6.30.